The maximum atomic E-state index is 10.3. The Morgan fingerprint density at radius 3 is 2.38 bits per heavy atom. The predicted molar refractivity (Wildman–Crippen MR) is 49.7 cm³/mol. The van der Waals surface area contributed by atoms with E-state index in [1.165, 1.54) is 0 Å². The average molecular weight is 201 g/mol. The van der Waals surface area contributed by atoms with Crippen molar-refractivity contribution >= 4 is 10.1 Å². The Kier molecular flexibility index (Phi) is 3.41. The van der Waals surface area contributed by atoms with E-state index < -0.39 is 16.0 Å². The third-order valence-electron chi connectivity index (χ3n) is 1.46. The summed E-state index contributed by atoms with van der Waals surface area (Å²) in [7, 11) is -3.91. The van der Waals surface area contributed by atoms with Gasteiger partial charge in [0.05, 0.1) is 0 Å². The Morgan fingerprint density at radius 1 is 1.23 bits per heavy atom. The lowest BCUT2D eigenvalue weighted by Gasteiger charge is -2.01. The predicted octanol–water partition coefficient (Wildman–Crippen LogP) is 0.621. The number of hydrogen-bond acceptors (Lipinski definition) is 3. The molecule has 0 fully saturated rings. The van der Waals surface area contributed by atoms with E-state index in [1.54, 1.807) is 0 Å². The highest BCUT2D eigenvalue weighted by molar-refractivity contribution is 7.85. The third-order valence-corrected chi connectivity index (χ3v) is 2.03. The van der Waals surface area contributed by atoms with Crippen molar-refractivity contribution < 1.29 is 13.0 Å². The molecule has 1 rings (SSSR count). The zero-order chi connectivity index (χ0) is 9.73. The van der Waals surface area contributed by atoms with E-state index in [0.29, 0.717) is 6.54 Å². The second kappa shape index (κ2) is 4.36. The molecule has 0 atom stereocenters. The third kappa shape index (κ3) is 4.62. The molecule has 0 aliphatic rings. The average Bonchev–Trinajstić information content (AvgIpc) is 2.04. The summed E-state index contributed by atoms with van der Waals surface area (Å²) in [6, 6.07) is 9.36. The van der Waals surface area contributed by atoms with Crippen molar-refractivity contribution in [1.82, 2.24) is 5.32 Å². The Bertz CT molecular complexity index is 347. The van der Waals surface area contributed by atoms with Gasteiger partial charge in [0.25, 0.3) is 10.1 Å². The molecule has 0 saturated carbocycles. The summed E-state index contributed by atoms with van der Waals surface area (Å²) in [6.07, 6.45) is 0. The van der Waals surface area contributed by atoms with Crippen molar-refractivity contribution in [2.45, 2.75) is 6.54 Å². The van der Waals surface area contributed by atoms with Gasteiger partial charge in [-0.1, -0.05) is 30.3 Å². The van der Waals surface area contributed by atoms with E-state index in [4.69, 9.17) is 4.55 Å². The maximum Gasteiger partial charge on any atom is 0.278 e. The van der Waals surface area contributed by atoms with Crippen LogP contribution in [0.5, 0.6) is 0 Å². The van der Waals surface area contributed by atoms with E-state index in [1.807, 2.05) is 30.3 Å². The number of benzene rings is 1. The van der Waals surface area contributed by atoms with Crippen LogP contribution in [0.4, 0.5) is 0 Å². The van der Waals surface area contributed by atoms with Crippen molar-refractivity contribution in [3.8, 4) is 0 Å². The largest absolute Gasteiger partial charge is 0.298 e. The van der Waals surface area contributed by atoms with E-state index in [-0.39, 0.29) is 0 Å². The minimum atomic E-state index is -3.91. The van der Waals surface area contributed by atoms with Gasteiger partial charge in [-0.15, -0.1) is 0 Å². The normalized spacial score (nSPS) is 11.5. The van der Waals surface area contributed by atoms with Gasteiger partial charge in [0, 0.05) is 6.54 Å². The van der Waals surface area contributed by atoms with Crippen LogP contribution in [0.15, 0.2) is 30.3 Å². The molecular weight excluding hydrogens is 190 g/mol. The molecule has 4 nitrogen and oxygen atoms in total. The molecule has 0 saturated heterocycles. The molecule has 2 N–H and O–H groups in total. The minimum Gasteiger partial charge on any atom is -0.298 e. The van der Waals surface area contributed by atoms with Crippen molar-refractivity contribution in [2.24, 2.45) is 0 Å². The summed E-state index contributed by atoms with van der Waals surface area (Å²) >= 11 is 0. The van der Waals surface area contributed by atoms with Gasteiger partial charge < -0.3 is 0 Å². The molecule has 72 valence electrons. The lowest BCUT2D eigenvalue weighted by molar-refractivity contribution is 0.476. The van der Waals surface area contributed by atoms with E-state index >= 15 is 0 Å². The standard InChI is InChI=1S/C8H11NO3S/c10-13(11,12)7-9-6-8-4-2-1-3-5-8/h1-5,9H,6-7H2,(H,10,11,12). The van der Waals surface area contributed by atoms with Gasteiger partial charge in [0.15, 0.2) is 0 Å². The Balaban J connectivity index is 2.37. The Morgan fingerprint density at radius 2 is 1.85 bits per heavy atom. The molecule has 0 aliphatic carbocycles. The summed E-state index contributed by atoms with van der Waals surface area (Å²) in [5, 5.41) is 2.60. The first-order chi connectivity index (χ1) is 6.08. The Labute approximate surface area is 77.3 Å². The highest BCUT2D eigenvalue weighted by Gasteiger charge is 2.01. The van der Waals surface area contributed by atoms with Crippen molar-refractivity contribution in [3.63, 3.8) is 0 Å². The van der Waals surface area contributed by atoms with Crippen molar-refractivity contribution in [2.75, 3.05) is 5.88 Å². The number of nitrogens with one attached hydrogen (secondary N) is 1. The summed E-state index contributed by atoms with van der Waals surface area (Å²) in [5.41, 5.74) is 0.978. The molecule has 0 spiro atoms. The van der Waals surface area contributed by atoms with Gasteiger partial charge in [0.1, 0.15) is 5.88 Å². The molecule has 0 heterocycles. The van der Waals surface area contributed by atoms with Crippen LogP contribution in [0.2, 0.25) is 0 Å². The van der Waals surface area contributed by atoms with Crippen molar-refractivity contribution in [1.29, 1.82) is 0 Å². The highest BCUT2D eigenvalue weighted by Crippen LogP contribution is 1.96. The van der Waals surface area contributed by atoms with Gasteiger partial charge in [-0.3, -0.25) is 9.87 Å². The fourth-order valence-electron chi connectivity index (χ4n) is 0.920. The zero-order valence-electron chi connectivity index (χ0n) is 6.97. The van der Waals surface area contributed by atoms with Crippen LogP contribution in [0.1, 0.15) is 5.56 Å². The van der Waals surface area contributed by atoms with Crippen LogP contribution < -0.4 is 5.32 Å². The molecule has 0 aliphatic heterocycles. The fourth-order valence-corrected chi connectivity index (χ4v) is 1.28. The molecule has 5 heteroatoms. The first kappa shape index (κ1) is 10.2. The summed E-state index contributed by atoms with van der Waals surface area (Å²) in [4.78, 5) is 0. The van der Waals surface area contributed by atoms with E-state index in [9.17, 15) is 8.42 Å². The monoisotopic (exact) mass is 201 g/mol. The van der Waals surface area contributed by atoms with E-state index in [2.05, 4.69) is 5.32 Å². The molecule has 1 aromatic carbocycles. The smallest absolute Gasteiger partial charge is 0.278 e. The zero-order valence-corrected chi connectivity index (χ0v) is 7.79. The number of rotatable bonds is 4. The van der Waals surface area contributed by atoms with Crippen molar-refractivity contribution in [3.05, 3.63) is 35.9 Å². The first-order valence-electron chi connectivity index (χ1n) is 3.78. The molecule has 1 aromatic rings. The topological polar surface area (TPSA) is 66.4 Å². The first-order valence-corrected chi connectivity index (χ1v) is 5.39. The molecule has 0 amide bonds. The Hall–Kier alpha value is -0.910. The lowest BCUT2D eigenvalue weighted by atomic mass is 10.2. The molecule has 0 aromatic heterocycles. The van der Waals surface area contributed by atoms with Gasteiger partial charge >= 0.3 is 0 Å². The highest BCUT2D eigenvalue weighted by atomic mass is 32.2. The van der Waals surface area contributed by atoms with Crippen LogP contribution in [-0.2, 0) is 16.7 Å². The summed E-state index contributed by atoms with van der Waals surface area (Å²) < 4.78 is 29.0. The van der Waals surface area contributed by atoms with Gasteiger partial charge in [-0.2, -0.15) is 8.42 Å². The van der Waals surface area contributed by atoms with Gasteiger partial charge in [0.2, 0.25) is 0 Å². The second-order valence-electron chi connectivity index (χ2n) is 2.64. The van der Waals surface area contributed by atoms with Gasteiger partial charge in [-0.05, 0) is 5.56 Å². The maximum absolute atomic E-state index is 10.3. The van der Waals surface area contributed by atoms with Crippen LogP contribution in [0.25, 0.3) is 0 Å². The molecule has 13 heavy (non-hydrogen) atoms. The van der Waals surface area contributed by atoms with E-state index in [0.717, 1.165) is 5.56 Å². The quantitative estimate of drug-likeness (QED) is 0.701. The van der Waals surface area contributed by atoms with Crippen LogP contribution in [0, 0.1) is 0 Å². The summed E-state index contributed by atoms with van der Waals surface area (Å²) in [6.45, 7) is 0.431. The van der Waals surface area contributed by atoms with Gasteiger partial charge in [-0.25, -0.2) is 0 Å². The second-order valence-corrected chi connectivity index (χ2v) is 4.09. The lowest BCUT2D eigenvalue weighted by Crippen LogP contribution is -2.21. The van der Waals surface area contributed by atoms with Crippen LogP contribution in [-0.4, -0.2) is 18.8 Å². The molecular formula is C8H11NO3S. The molecule has 0 bridgehead atoms. The molecule has 0 unspecified atom stereocenters. The fraction of sp³-hybridized carbons (Fsp3) is 0.250. The summed E-state index contributed by atoms with van der Waals surface area (Å²) in [5.74, 6) is -0.415. The van der Waals surface area contributed by atoms with Crippen LogP contribution in [0.3, 0.4) is 0 Å². The minimum absolute atomic E-state index is 0.415. The number of hydrogen-bond donors (Lipinski definition) is 2. The molecule has 0 radical (unpaired) electrons. The SMILES string of the molecule is O=S(=O)(O)CNCc1ccccc1. The van der Waals surface area contributed by atoms with Crippen LogP contribution >= 0.6 is 0 Å².